The van der Waals surface area contributed by atoms with Crippen LogP contribution in [0.2, 0.25) is 0 Å². The predicted octanol–water partition coefficient (Wildman–Crippen LogP) is 16.2. The van der Waals surface area contributed by atoms with Crippen molar-refractivity contribution in [1.82, 2.24) is 0 Å². The van der Waals surface area contributed by atoms with Crippen molar-refractivity contribution in [3.63, 3.8) is 0 Å². The Morgan fingerprint density at radius 3 is 0.984 bits per heavy atom. The highest BCUT2D eigenvalue weighted by Crippen LogP contribution is 2.42. The summed E-state index contributed by atoms with van der Waals surface area (Å²) in [4.78, 5) is 6.97. The lowest BCUT2D eigenvalue weighted by Crippen LogP contribution is -2.14. The lowest BCUT2D eigenvalue weighted by Gasteiger charge is -2.30. The lowest BCUT2D eigenvalue weighted by molar-refractivity contribution is 0.937. The molecule has 62 heavy (non-hydrogen) atoms. The first kappa shape index (κ1) is 39.6. The average Bonchev–Trinajstić information content (AvgIpc) is 3.31. The number of hydrogen-bond donors (Lipinski definition) is 1. The molecule has 1 unspecified atom stereocenters. The molecule has 0 aliphatic rings. The van der Waals surface area contributed by atoms with Crippen molar-refractivity contribution < 1.29 is 0 Å². The molecule has 0 fully saturated rings. The summed E-state index contributed by atoms with van der Waals surface area (Å²) in [6, 6.07) is 84.6. The molecule has 0 amide bonds. The molecule has 4 nitrogen and oxygen atoms in total. The second-order valence-corrected chi connectivity index (χ2v) is 15.8. The van der Waals surface area contributed by atoms with Gasteiger partial charge in [-0.2, -0.15) is 0 Å². The molecule has 1 N–H and O–H groups in total. The summed E-state index contributed by atoms with van der Waals surface area (Å²) >= 11 is 0. The minimum absolute atomic E-state index is 0.0000617. The lowest BCUT2D eigenvalue weighted by atomic mass is 9.97. The molecule has 0 spiro atoms. The van der Waals surface area contributed by atoms with E-state index in [4.69, 9.17) is 0 Å². The molecule has 1 atom stereocenters. The minimum Gasteiger partial charge on any atom is -0.374 e. The van der Waals surface area contributed by atoms with E-state index in [0.717, 1.165) is 56.9 Å². The maximum absolute atomic E-state index is 3.86. The van der Waals surface area contributed by atoms with Crippen molar-refractivity contribution in [3.8, 4) is 0 Å². The summed E-state index contributed by atoms with van der Waals surface area (Å²) < 4.78 is 0. The van der Waals surface area contributed by atoms with Gasteiger partial charge in [0.25, 0.3) is 0 Å². The molecule has 302 valence electrons. The Kier molecular flexibility index (Phi) is 11.6. The Morgan fingerprint density at radius 1 is 0.274 bits per heavy atom. The van der Waals surface area contributed by atoms with E-state index in [2.05, 4.69) is 277 Å². The van der Waals surface area contributed by atoms with Gasteiger partial charge in [-0.05, 0) is 164 Å². The summed E-state index contributed by atoms with van der Waals surface area (Å²) in [6.07, 6.45) is 0. The van der Waals surface area contributed by atoms with Crippen LogP contribution >= 0.6 is 0 Å². The van der Waals surface area contributed by atoms with Gasteiger partial charge in [0.05, 0.1) is 6.04 Å². The van der Waals surface area contributed by atoms with Gasteiger partial charge in [-0.15, -0.1) is 0 Å². The van der Waals surface area contributed by atoms with Crippen LogP contribution in [0.3, 0.4) is 0 Å². The summed E-state index contributed by atoms with van der Waals surface area (Å²) in [7, 11) is 0. The van der Waals surface area contributed by atoms with Crippen LogP contribution in [-0.2, 0) is 0 Å². The Labute approximate surface area is 366 Å². The predicted molar refractivity (Wildman–Crippen MR) is 263 cm³/mol. The number of nitrogens with one attached hydrogen (secondary N) is 1. The molecule has 4 heteroatoms. The van der Waals surface area contributed by atoms with E-state index in [-0.39, 0.29) is 6.04 Å². The summed E-state index contributed by atoms with van der Waals surface area (Å²) in [5.74, 6) is 0. The van der Waals surface area contributed by atoms with Crippen molar-refractivity contribution in [2.24, 2.45) is 0 Å². The van der Waals surface area contributed by atoms with Crippen molar-refractivity contribution in [1.29, 1.82) is 0 Å². The minimum atomic E-state index is 0.0000617. The number of aryl methyl sites for hydroxylation is 3. The van der Waals surface area contributed by atoms with Crippen LogP contribution < -0.4 is 20.0 Å². The fourth-order valence-corrected chi connectivity index (χ4v) is 8.26. The van der Waals surface area contributed by atoms with Gasteiger partial charge in [0.2, 0.25) is 0 Å². The molecule has 0 bridgehead atoms. The van der Waals surface area contributed by atoms with E-state index >= 15 is 0 Å². The Morgan fingerprint density at radius 2 is 0.581 bits per heavy atom. The molecule has 0 saturated heterocycles. The van der Waals surface area contributed by atoms with E-state index in [1.54, 1.807) is 0 Å². The fraction of sp³-hybridized carbons (Fsp3) is 0.0690. The van der Waals surface area contributed by atoms with Crippen LogP contribution in [-0.4, -0.2) is 0 Å². The first-order chi connectivity index (χ1) is 30.5. The third-order valence-corrected chi connectivity index (χ3v) is 11.2. The number of nitrogens with zero attached hydrogens (tertiary/aromatic N) is 3. The maximum Gasteiger partial charge on any atom is 0.0767 e. The van der Waals surface area contributed by atoms with Gasteiger partial charge in [-0.3, -0.25) is 0 Å². The van der Waals surface area contributed by atoms with E-state index in [0.29, 0.717) is 0 Å². The Bertz CT molecular complexity index is 2710. The molecule has 9 rings (SSSR count). The molecule has 0 saturated carbocycles. The molecular formula is C58H50N4. The van der Waals surface area contributed by atoms with E-state index in [1.165, 1.54) is 27.8 Å². The van der Waals surface area contributed by atoms with Gasteiger partial charge in [0.1, 0.15) is 0 Å². The van der Waals surface area contributed by atoms with Crippen molar-refractivity contribution in [2.75, 3.05) is 20.0 Å². The van der Waals surface area contributed by atoms with Gasteiger partial charge in [0.15, 0.2) is 0 Å². The first-order valence-electron chi connectivity index (χ1n) is 21.3. The van der Waals surface area contributed by atoms with Crippen molar-refractivity contribution >= 4 is 56.9 Å². The standard InChI is InChI=1S/C58H50N4/c1-43-16-13-21-47(40-43)58(46-19-7-4-8-20-46)59-48-28-30-51(31-29-48)60(52-32-36-54(37-33-52)61(49-22-9-5-10-23-49)56-26-14-17-44(2)41-56)53-34-38-55(39-35-53)62(50-24-11-6-12-25-50)57-27-15-18-45(3)42-57/h4-42,58-59H,1-3H3. The van der Waals surface area contributed by atoms with Crippen LogP contribution in [0.4, 0.5) is 56.9 Å². The highest BCUT2D eigenvalue weighted by molar-refractivity contribution is 5.84. The number of para-hydroxylation sites is 2. The molecular weight excluding hydrogens is 753 g/mol. The van der Waals surface area contributed by atoms with Crippen LogP contribution in [0, 0.1) is 20.8 Å². The molecule has 0 aromatic heterocycles. The number of hydrogen-bond acceptors (Lipinski definition) is 4. The SMILES string of the molecule is Cc1cccc(C(Nc2ccc(N(c3ccc(N(c4ccccc4)c4cccc(C)c4)cc3)c3ccc(N(c4ccccc4)c4cccc(C)c4)cc3)cc2)c2ccccc2)c1. The van der Waals surface area contributed by atoms with Crippen LogP contribution in [0.1, 0.15) is 33.9 Å². The monoisotopic (exact) mass is 802 g/mol. The number of anilines is 10. The Balaban J connectivity index is 1.10. The van der Waals surface area contributed by atoms with E-state index < -0.39 is 0 Å². The summed E-state index contributed by atoms with van der Waals surface area (Å²) in [5.41, 5.74) is 17.0. The highest BCUT2D eigenvalue weighted by atomic mass is 15.2. The van der Waals surface area contributed by atoms with Crippen molar-refractivity contribution in [3.05, 3.63) is 264 Å². The maximum atomic E-state index is 3.86. The summed E-state index contributed by atoms with van der Waals surface area (Å²) in [5, 5.41) is 3.86. The fourth-order valence-electron chi connectivity index (χ4n) is 8.26. The van der Waals surface area contributed by atoms with Crippen molar-refractivity contribution in [2.45, 2.75) is 26.8 Å². The van der Waals surface area contributed by atoms with E-state index in [9.17, 15) is 0 Å². The molecule has 0 aliphatic carbocycles. The first-order valence-corrected chi connectivity index (χ1v) is 21.3. The second-order valence-electron chi connectivity index (χ2n) is 15.8. The summed E-state index contributed by atoms with van der Waals surface area (Å²) in [6.45, 7) is 6.44. The van der Waals surface area contributed by atoms with Gasteiger partial charge in [-0.1, -0.05) is 121 Å². The van der Waals surface area contributed by atoms with Gasteiger partial charge in [0, 0.05) is 56.9 Å². The molecule has 0 radical (unpaired) electrons. The van der Waals surface area contributed by atoms with Crippen LogP contribution in [0.15, 0.2) is 237 Å². The smallest absolute Gasteiger partial charge is 0.0767 e. The third-order valence-electron chi connectivity index (χ3n) is 11.2. The van der Waals surface area contributed by atoms with Gasteiger partial charge in [-0.25, -0.2) is 0 Å². The average molecular weight is 803 g/mol. The molecule has 9 aromatic carbocycles. The van der Waals surface area contributed by atoms with E-state index in [1.807, 2.05) is 0 Å². The molecule has 9 aromatic rings. The van der Waals surface area contributed by atoms with Gasteiger partial charge < -0.3 is 20.0 Å². The number of benzene rings is 9. The Hall–Kier alpha value is -7.82. The van der Waals surface area contributed by atoms with Crippen LogP contribution in [0.25, 0.3) is 0 Å². The highest BCUT2D eigenvalue weighted by Gasteiger charge is 2.19. The zero-order chi connectivity index (χ0) is 42.3. The third kappa shape index (κ3) is 8.86. The molecule has 0 aliphatic heterocycles. The second kappa shape index (κ2) is 18.2. The van der Waals surface area contributed by atoms with Gasteiger partial charge >= 0.3 is 0 Å². The zero-order valence-electron chi connectivity index (χ0n) is 35.4. The largest absolute Gasteiger partial charge is 0.374 e. The topological polar surface area (TPSA) is 21.8 Å². The zero-order valence-corrected chi connectivity index (χ0v) is 35.4. The quantitative estimate of drug-likeness (QED) is 0.125. The van der Waals surface area contributed by atoms with Crippen LogP contribution in [0.5, 0.6) is 0 Å². The normalized spacial score (nSPS) is 11.4. The molecule has 0 heterocycles. The number of rotatable bonds is 13.